The Labute approximate surface area is 148 Å². The highest BCUT2D eigenvalue weighted by Gasteiger charge is 2.72. The average Bonchev–Trinajstić information content (AvgIpc) is 2.55. The van der Waals surface area contributed by atoms with Crippen molar-refractivity contribution in [3.05, 3.63) is 71.8 Å². The van der Waals surface area contributed by atoms with Gasteiger partial charge in [-0.3, -0.25) is 4.90 Å². The highest BCUT2D eigenvalue weighted by Crippen LogP contribution is 2.66. The summed E-state index contributed by atoms with van der Waals surface area (Å²) in [4.78, 5) is 2.25. The van der Waals surface area contributed by atoms with E-state index in [1.54, 1.807) is 7.11 Å². The molecule has 3 rings (SSSR count). The first kappa shape index (κ1) is 16.8. The molecule has 2 nitrogen and oxygen atoms in total. The van der Waals surface area contributed by atoms with E-state index in [0.29, 0.717) is 0 Å². The van der Waals surface area contributed by atoms with E-state index in [1.165, 1.54) is 0 Å². The smallest absolute Gasteiger partial charge is 0.184 e. The molecule has 1 saturated heterocycles. The number of methoxy groups -OCH3 is 1. The molecule has 2 aromatic carbocycles. The Balaban J connectivity index is 2.14. The van der Waals surface area contributed by atoms with E-state index in [9.17, 15) is 0 Å². The molecular formula is C19H21Cl2NO. The number of hydrogen-bond acceptors (Lipinski definition) is 2. The van der Waals surface area contributed by atoms with Crippen molar-refractivity contribution in [2.75, 3.05) is 7.11 Å². The molecule has 0 spiro atoms. The number of nitrogens with zero attached hydrogens (tertiary/aromatic N) is 1. The molecule has 1 aliphatic rings. The zero-order valence-corrected chi connectivity index (χ0v) is 15.1. The van der Waals surface area contributed by atoms with Crippen LogP contribution in [0.4, 0.5) is 0 Å². The van der Waals surface area contributed by atoms with Crippen LogP contribution in [0.3, 0.4) is 0 Å². The lowest BCUT2D eigenvalue weighted by molar-refractivity contribution is -0.267. The van der Waals surface area contributed by atoms with Crippen molar-refractivity contribution in [2.24, 2.45) is 0 Å². The molecule has 0 amide bonds. The van der Waals surface area contributed by atoms with Crippen LogP contribution >= 0.6 is 23.2 Å². The third-order valence-corrected chi connectivity index (χ3v) is 5.49. The first-order valence-electron chi connectivity index (χ1n) is 7.78. The number of benzene rings is 2. The van der Waals surface area contributed by atoms with Gasteiger partial charge in [-0.25, -0.2) is 0 Å². The fraction of sp³-hybridized carbons (Fsp3) is 0.368. The fourth-order valence-electron chi connectivity index (χ4n) is 3.68. The lowest BCUT2D eigenvalue weighted by atomic mass is 9.77. The van der Waals surface area contributed by atoms with Gasteiger partial charge in [-0.1, -0.05) is 83.9 Å². The third-order valence-electron chi connectivity index (χ3n) is 4.57. The second-order valence-corrected chi connectivity index (χ2v) is 7.54. The van der Waals surface area contributed by atoms with Crippen LogP contribution in [0.15, 0.2) is 60.7 Å². The lowest BCUT2D eigenvalue weighted by Gasteiger charge is -2.66. The van der Waals surface area contributed by atoms with Crippen molar-refractivity contribution in [3.8, 4) is 0 Å². The molecule has 2 atom stereocenters. The molecule has 23 heavy (non-hydrogen) atoms. The predicted molar refractivity (Wildman–Crippen MR) is 95.7 cm³/mol. The van der Waals surface area contributed by atoms with Crippen LogP contribution in [0, 0.1) is 0 Å². The Kier molecular flexibility index (Phi) is 4.45. The molecule has 4 heteroatoms. The minimum atomic E-state index is -1.09. The quantitative estimate of drug-likeness (QED) is 0.709. The Bertz CT molecular complexity index is 660. The van der Waals surface area contributed by atoms with Gasteiger partial charge in [-0.2, -0.15) is 0 Å². The van der Waals surface area contributed by atoms with Gasteiger partial charge in [-0.15, -0.1) is 0 Å². The van der Waals surface area contributed by atoms with Gasteiger partial charge in [0.2, 0.25) is 0 Å². The van der Waals surface area contributed by atoms with E-state index >= 15 is 0 Å². The van der Waals surface area contributed by atoms with Gasteiger partial charge in [0.05, 0.1) is 6.04 Å². The molecule has 0 unspecified atom stereocenters. The van der Waals surface area contributed by atoms with Gasteiger partial charge in [0.15, 0.2) is 10.1 Å². The molecule has 0 aliphatic carbocycles. The Morgan fingerprint density at radius 2 is 1.48 bits per heavy atom. The van der Waals surface area contributed by atoms with Crippen molar-refractivity contribution >= 4 is 23.2 Å². The van der Waals surface area contributed by atoms with E-state index < -0.39 is 10.1 Å². The first-order valence-corrected chi connectivity index (χ1v) is 8.54. The summed E-state index contributed by atoms with van der Waals surface area (Å²) in [5, 5.41) is 0. The summed E-state index contributed by atoms with van der Waals surface area (Å²) >= 11 is 13.8. The Hall–Kier alpha value is -1.06. The first-order chi connectivity index (χ1) is 11.0. The van der Waals surface area contributed by atoms with Crippen LogP contribution in [0.1, 0.15) is 31.0 Å². The minimum Gasteiger partial charge on any atom is -0.356 e. The van der Waals surface area contributed by atoms with Crippen molar-refractivity contribution in [1.82, 2.24) is 4.90 Å². The number of likely N-dealkylation sites (tertiary alicyclic amines) is 1. The normalized spacial score (nSPS) is 27.0. The summed E-state index contributed by atoms with van der Waals surface area (Å²) < 4.78 is 4.87. The lowest BCUT2D eigenvalue weighted by Crippen LogP contribution is -2.75. The Morgan fingerprint density at radius 3 is 1.96 bits per heavy atom. The summed E-state index contributed by atoms with van der Waals surface area (Å²) in [6.07, 6.45) is 0. The molecule has 0 N–H and O–H groups in total. The maximum Gasteiger partial charge on any atom is 0.184 e. The van der Waals surface area contributed by atoms with Crippen molar-refractivity contribution < 1.29 is 4.74 Å². The minimum absolute atomic E-state index is 0.132. The SMILES string of the molecule is CO[C@]1(c2ccccc2)N(C(C)C)[C@@H](c2ccccc2)C1(Cl)Cl. The van der Waals surface area contributed by atoms with E-state index in [2.05, 4.69) is 30.9 Å². The maximum atomic E-state index is 6.90. The van der Waals surface area contributed by atoms with Crippen LogP contribution < -0.4 is 0 Å². The van der Waals surface area contributed by atoms with E-state index in [0.717, 1.165) is 11.1 Å². The highest BCUT2D eigenvalue weighted by atomic mass is 35.5. The molecular weight excluding hydrogens is 329 g/mol. The molecule has 122 valence electrons. The molecule has 0 saturated carbocycles. The highest BCUT2D eigenvalue weighted by molar-refractivity contribution is 6.50. The third kappa shape index (κ3) is 2.32. The van der Waals surface area contributed by atoms with Crippen molar-refractivity contribution in [1.29, 1.82) is 0 Å². The van der Waals surface area contributed by atoms with E-state index in [-0.39, 0.29) is 12.1 Å². The number of hydrogen-bond donors (Lipinski definition) is 0. The van der Waals surface area contributed by atoms with Gasteiger partial charge in [0.25, 0.3) is 0 Å². The summed E-state index contributed by atoms with van der Waals surface area (Å²) in [5.41, 5.74) is 1.19. The monoisotopic (exact) mass is 349 g/mol. The zero-order chi connectivity index (χ0) is 16.7. The molecule has 0 radical (unpaired) electrons. The van der Waals surface area contributed by atoms with Gasteiger partial charge in [-0.05, 0) is 19.4 Å². The number of alkyl halides is 2. The van der Waals surface area contributed by atoms with Gasteiger partial charge in [0.1, 0.15) is 0 Å². The predicted octanol–water partition coefficient (Wildman–Crippen LogP) is 5.13. The van der Waals surface area contributed by atoms with Crippen LogP contribution in [0.25, 0.3) is 0 Å². The van der Waals surface area contributed by atoms with E-state index in [4.69, 9.17) is 27.9 Å². The van der Waals surface area contributed by atoms with Gasteiger partial charge < -0.3 is 4.74 Å². The second kappa shape index (κ2) is 6.10. The summed E-state index contributed by atoms with van der Waals surface area (Å²) in [6.45, 7) is 4.27. The second-order valence-electron chi connectivity index (χ2n) is 6.15. The molecule has 1 fully saturated rings. The molecule has 2 aromatic rings. The summed E-state index contributed by atoms with van der Waals surface area (Å²) in [5.74, 6) is 0. The summed E-state index contributed by atoms with van der Waals surface area (Å²) in [7, 11) is 1.67. The molecule has 0 aromatic heterocycles. The Morgan fingerprint density at radius 1 is 0.957 bits per heavy atom. The van der Waals surface area contributed by atoms with Crippen LogP contribution in [-0.4, -0.2) is 22.4 Å². The topological polar surface area (TPSA) is 12.5 Å². The summed E-state index contributed by atoms with van der Waals surface area (Å²) in [6, 6.07) is 20.2. The standard InChI is InChI=1S/C19H21Cl2NO/c1-14(2)22-17(15-10-6-4-7-11-15)18(20,21)19(22,23-3)16-12-8-5-9-13-16/h4-14,17H,1-3H3/t17-,19-/m0/s1. The number of rotatable bonds is 4. The van der Waals surface area contributed by atoms with Crippen LogP contribution in [0.5, 0.6) is 0 Å². The maximum absolute atomic E-state index is 6.90. The van der Waals surface area contributed by atoms with Crippen LogP contribution in [-0.2, 0) is 10.5 Å². The molecule has 1 aliphatic heterocycles. The fourth-order valence-corrected chi connectivity index (χ4v) is 4.71. The van der Waals surface area contributed by atoms with Crippen molar-refractivity contribution in [3.63, 3.8) is 0 Å². The zero-order valence-electron chi connectivity index (χ0n) is 13.5. The van der Waals surface area contributed by atoms with Crippen LogP contribution in [0.2, 0.25) is 0 Å². The van der Waals surface area contributed by atoms with Crippen molar-refractivity contribution in [2.45, 2.75) is 36.0 Å². The van der Waals surface area contributed by atoms with Gasteiger partial charge in [0, 0.05) is 18.7 Å². The number of halogens is 2. The molecule has 0 bridgehead atoms. The number of ether oxygens (including phenoxy) is 1. The average molecular weight is 350 g/mol. The van der Waals surface area contributed by atoms with E-state index in [1.807, 2.05) is 48.5 Å². The largest absolute Gasteiger partial charge is 0.356 e. The van der Waals surface area contributed by atoms with Gasteiger partial charge >= 0.3 is 0 Å². The molecule has 1 heterocycles.